The summed E-state index contributed by atoms with van der Waals surface area (Å²) in [4.78, 5) is 0. The topological polar surface area (TPSA) is 46.2 Å². The molecule has 0 radical (unpaired) electrons. The second kappa shape index (κ2) is 3.35. The average Bonchev–Trinajstić information content (AvgIpc) is 2.07. The molecule has 0 aliphatic heterocycles. The maximum atomic E-state index is 9.59. The van der Waals surface area contributed by atoms with Crippen LogP contribution in [0.2, 0.25) is 0 Å². The zero-order chi connectivity index (χ0) is 8.55. The average molecular weight is 169 g/mol. The van der Waals surface area contributed by atoms with Gasteiger partial charge in [0.1, 0.15) is 0 Å². The van der Waals surface area contributed by atoms with Crippen LogP contribution in [0.1, 0.15) is 38.5 Å². The van der Waals surface area contributed by atoms with Crippen LogP contribution in [0.15, 0.2) is 0 Å². The van der Waals surface area contributed by atoms with Crippen LogP contribution in [-0.4, -0.2) is 17.3 Å². The minimum atomic E-state index is -0.218. The molecule has 2 saturated carbocycles. The first-order chi connectivity index (χ1) is 5.77. The van der Waals surface area contributed by atoms with Crippen molar-refractivity contribution in [1.29, 1.82) is 0 Å². The largest absolute Gasteiger partial charge is 0.392 e. The standard InChI is InChI=1S/C10H19NO/c11-9-5-7-3-1-2-4-8(7)6-10(9)12/h7-10,12H,1-6,11H2/t7-,8-,9-,10-/m1/s1. The molecule has 4 atom stereocenters. The second-order valence-corrected chi connectivity index (χ2v) is 4.51. The highest BCUT2D eigenvalue weighted by atomic mass is 16.3. The van der Waals surface area contributed by atoms with Crippen LogP contribution in [0.5, 0.6) is 0 Å². The van der Waals surface area contributed by atoms with Crippen molar-refractivity contribution < 1.29 is 5.11 Å². The molecule has 0 bridgehead atoms. The fourth-order valence-electron chi connectivity index (χ4n) is 2.90. The van der Waals surface area contributed by atoms with E-state index in [2.05, 4.69) is 0 Å². The van der Waals surface area contributed by atoms with Gasteiger partial charge in [0.15, 0.2) is 0 Å². The molecule has 0 unspecified atom stereocenters. The molecule has 2 heteroatoms. The molecule has 0 aromatic rings. The molecule has 0 heterocycles. The van der Waals surface area contributed by atoms with E-state index in [-0.39, 0.29) is 12.1 Å². The minimum Gasteiger partial charge on any atom is -0.392 e. The van der Waals surface area contributed by atoms with E-state index in [1.54, 1.807) is 0 Å². The van der Waals surface area contributed by atoms with Gasteiger partial charge in [-0.15, -0.1) is 0 Å². The summed E-state index contributed by atoms with van der Waals surface area (Å²) < 4.78 is 0. The normalized spacial score (nSPS) is 48.5. The molecule has 0 amide bonds. The molecule has 2 fully saturated rings. The van der Waals surface area contributed by atoms with E-state index >= 15 is 0 Å². The van der Waals surface area contributed by atoms with Crippen molar-refractivity contribution in [3.63, 3.8) is 0 Å². The molecular formula is C10H19NO. The lowest BCUT2D eigenvalue weighted by atomic mass is 9.68. The Balaban J connectivity index is 1.98. The lowest BCUT2D eigenvalue weighted by molar-refractivity contribution is 0.0319. The van der Waals surface area contributed by atoms with Gasteiger partial charge in [-0.05, 0) is 24.7 Å². The maximum Gasteiger partial charge on any atom is 0.0693 e. The minimum absolute atomic E-state index is 0.0596. The highest BCUT2D eigenvalue weighted by Crippen LogP contribution is 2.39. The zero-order valence-corrected chi connectivity index (χ0v) is 7.58. The Morgan fingerprint density at radius 2 is 1.58 bits per heavy atom. The third kappa shape index (κ3) is 1.50. The van der Waals surface area contributed by atoms with Gasteiger partial charge in [-0.1, -0.05) is 25.7 Å². The summed E-state index contributed by atoms with van der Waals surface area (Å²) in [6.07, 6.45) is 7.23. The first-order valence-corrected chi connectivity index (χ1v) is 5.21. The van der Waals surface area contributed by atoms with Gasteiger partial charge < -0.3 is 10.8 Å². The number of rotatable bonds is 0. The van der Waals surface area contributed by atoms with Crippen molar-refractivity contribution in [1.82, 2.24) is 0 Å². The van der Waals surface area contributed by atoms with E-state index in [1.807, 2.05) is 0 Å². The van der Waals surface area contributed by atoms with E-state index in [0.29, 0.717) is 0 Å². The highest BCUT2D eigenvalue weighted by Gasteiger charge is 2.35. The Bertz CT molecular complexity index is 142. The van der Waals surface area contributed by atoms with Crippen molar-refractivity contribution in [2.75, 3.05) is 0 Å². The van der Waals surface area contributed by atoms with Crippen LogP contribution in [0, 0.1) is 11.8 Å². The van der Waals surface area contributed by atoms with Gasteiger partial charge in [0, 0.05) is 6.04 Å². The lowest BCUT2D eigenvalue weighted by Crippen LogP contribution is -2.45. The smallest absolute Gasteiger partial charge is 0.0693 e. The van der Waals surface area contributed by atoms with E-state index in [9.17, 15) is 5.11 Å². The van der Waals surface area contributed by atoms with Gasteiger partial charge >= 0.3 is 0 Å². The number of fused-ring (bicyclic) bond motifs is 1. The number of aliphatic hydroxyl groups is 1. The van der Waals surface area contributed by atoms with Gasteiger partial charge in [0.05, 0.1) is 6.10 Å². The molecule has 0 saturated heterocycles. The summed E-state index contributed by atoms with van der Waals surface area (Å²) in [6.45, 7) is 0. The molecule has 3 N–H and O–H groups in total. The van der Waals surface area contributed by atoms with E-state index in [0.717, 1.165) is 24.7 Å². The third-order valence-corrected chi connectivity index (χ3v) is 3.68. The molecule has 0 aromatic carbocycles. The monoisotopic (exact) mass is 169 g/mol. The molecule has 2 nitrogen and oxygen atoms in total. The van der Waals surface area contributed by atoms with Crippen molar-refractivity contribution in [2.24, 2.45) is 17.6 Å². The van der Waals surface area contributed by atoms with Gasteiger partial charge in [0.2, 0.25) is 0 Å². The molecule has 0 spiro atoms. The van der Waals surface area contributed by atoms with Crippen LogP contribution in [0.25, 0.3) is 0 Å². The molecule has 2 aliphatic carbocycles. The SMILES string of the molecule is N[C@@H]1C[C@H]2CCCC[C@@H]2C[C@H]1O. The number of nitrogens with two attached hydrogens (primary N) is 1. The van der Waals surface area contributed by atoms with E-state index in [4.69, 9.17) is 5.73 Å². The highest BCUT2D eigenvalue weighted by molar-refractivity contribution is 4.89. The second-order valence-electron chi connectivity index (χ2n) is 4.51. The molecule has 70 valence electrons. The summed E-state index contributed by atoms with van der Waals surface area (Å²) >= 11 is 0. The van der Waals surface area contributed by atoms with Crippen molar-refractivity contribution >= 4 is 0 Å². The fourth-order valence-corrected chi connectivity index (χ4v) is 2.90. The van der Waals surface area contributed by atoms with Crippen LogP contribution >= 0.6 is 0 Å². The Morgan fingerprint density at radius 3 is 2.25 bits per heavy atom. The predicted molar refractivity (Wildman–Crippen MR) is 48.7 cm³/mol. The van der Waals surface area contributed by atoms with Gasteiger partial charge in [-0.3, -0.25) is 0 Å². The lowest BCUT2D eigenvalue weighted by Gasteiger charge is -2.40. The van der Waals surface area contributed by atoms with Crippen molar-refractivity contribution in [3.8, 4) is 0 Å². The number of hydrogen-bond donors (Lipinski definition) is 2. The van der Waals surface area contributed by atoms with Crippen molar-refractivity contribution in [3.05, 3.63) is 0 Å². The Kier molecular flexibility index (Phi) is 2.37. The molecule has 2 aliphatic rings. The zero-order valence-electron chi connectivity index (χ0n) is 7.58. The predicted octanol–water partition coefficient (Wildman–Crippen LogP) is 1.27. The Hall–Kier alpha value is -0.0800. The summed E-state index contributed by atoms with van der Waals surface area (Å²) in [5, 5.41) is 9.59. The van der Waals surface area contributed by atoms with E-state index < -0.39 is 0 Å². The summed E-state index contributed by atoms with van der Waals surface area (Å²) in [5.74, 6) is 1.62. The van der Waals surface area contributed by atoms with Gasteiger partial charge in [0.25, 0.3) is 0 Å². The van der Waals surface area contributed by atoms with Crippen LogP contribution < -0.4 is 5.73 Å². The number of hydrogen-bond acceptors (Lipinski definition) is 2. The Morgan fingerprint density at radius 1 is 1.00 bits per heavy atom. The first kappa shape index (κ1) is 8.52. The number of aliphatic hydroxyl groups excluding tert-OH is 1. The maximum absolute atomic E-state index is 9.59. The molecular weight excluding hydrogens is 150 g/mol. The summed E-state index contributed by atoms with van der Waals surface area (Å²) in [6, 6.07) is 0.0596. The first-order valence-electron chi connectivity index (χ1n) is 5.21. The quantitative estimate of drug-likeness (QED) is 0.573. The van der Waals surface area contributed by atoms with Crippen molar-refractivity contribution in [2.45, 2.75) is 50.7 Å². The van der Waals surface area contributed by atoms with Crippen LogP contribution in [0.3, 0.4) is 0 Å². The summed E-state index contributed by atoms with van der Waals surface area (Å²) in [7, 11) is 0. The van der Waals surface area contributed by atoms with E-state index in [1.165, 1.54) is 25.7 Å². The molecule has 0 aromatic heterocycles. The van der Waals surface area contributed by atoms with Gasteiger partial charge in [-0.2, -0.15) is 0 Å². The molecule has 12 heavy (non-hydrogen) atoms. The van der Waals surface area contributed by atoms with Crippen LogP contribution in [-0.2, 0) is 0 Å². The third-order valence-electron chi connectivity index (χ3n) is 3.68. The van der Waals surface area contributed by atoms with Gasteiger partial charge in [-0.25, -0.2) is 0 Å². The van der Waals surface area contributed by atoms with Crippen LogP contribution in [0.4, 0.5) is 0 Å². The fraction of sp³-hybridized carbons (Fsp3) is 1.00. The molecule has 2 rings (SSSR count). The Labute approximate surface area is 74.1 Å². The summed E-state index contributed by atoms with van der Waals surface area (Å²) in [5.41, 5.74) is 5.84.